The van der Waals surface area contributed by atoms with Crippen molar-refractivity contribution in [2.45, 2.75) is 6.92 Å². The fourth-order valence-corrected chi connectivity index (χ4v) is 3.47. The minimum absolute atomic E-state index is 0.00117. The Kier molecular flexibility index (Phi) is 4.27. The quantitative estimate of drug-likeness (QED) is 0.668. The Morgan fingerprint density at radius 2 is 1.86 bits per heavy atom. The van der Waals surface area contributed by atoms with Gasteiger partial charge in [0.05, 0.1) is 0 Å². The van der Waals surface area contributed by atoms with E-state index in [2.05, 4.69) is 20.0 Å². The summed E-state index contributed by atoms with van der Waals surface area (Å²) in [5, 5.41) is 3.91. The van der Waals surface area contributed by atoms with Gasteiger partial charge in [-0.25, -0.2) is 4.98 Å². The molecule has 0 spiro atoms. The number of anilines is 1. The molecule has 2 aliphatic heterocycles. The predicted molar refractivity (Wildman–Crippen MR) is 103 cm³/mol. The SMILES string of the molecule is Cc1nc(-c2ccc(N3CCN(C(=O)c4ccc5c(c4)OCO5)CC3)nc2)no1. The number of amides is 1. The molecule has 1 saturated heterocycles. The summed E-state index contributed by atoms with van der Waals surface area (Å²) in [6.45, 7) is 4.63. The summed E-state index contributed by atoms with van der Waals surface area (Å²) < 4.78 is 15.7. The zero-order valence-electron chi connectivity index (χ0n) is 15.9. The number of aryl methyl sites for hydroxylation is 1. The van der Waals surface area contributed by atoms with Crippen LogP contribution < -0.4 is 14.4 Å². The zero-order chi connectivity index (χ0) is 19.8. The second-order valence-electron chi connectivity index (χ2n) is 6.89. The zero-order valence-corrected chi connectivity index (χ0v) is 15.9. The molecular weight excluding hydrogens is 374 g/mol. The first-order valence-electron chi connectivity index (χ1n) is 9.38. The van der Waals surface area contributed by atoms with Gasteiger partial charge < -0.3 is 23.8 Å². The van der Waals surface area contributed by atoms with Crippen LogP contribution in [-0.4, -0.2) is 58.9 Å². The summed E-state index contributed by atoms with van der Waals surface area (Å²) >= 11 is 0. The fourth-order valence-electron chi connectivity index (χ4n) is 3.47. The summed E-state index contributed by atoms with van der Waals surface area (Å²) in [4.78, 5) is 25.6. The third-order valence-electron chi connectivity index (χ3n) is 5.04. The van der Waals surface area contributed by atoms with Gasteiger partial charge in [-0.3, -0.25) is 4.79 Å². The molecule has 0 N–H and O–H groups in total. The molecule has 0 aliphatic carbocycles. The number of nitrogens with zero attached hydrogens (tertiary/aromatic N) is 5. The molecule has 1 aromatic carbocycles. The monoisotopic (exact) mass is 393 g/mol. The number of carbonyl (C=O) groups is 1. The van der Waals surface area contributed by atoms with Crippen molar-refractivity contribution in [3.8, 4) is 22.9 Å². The van der Waals surface area contributed by atoms with Crippen molar-refractivity contribution < 1.29 is 18.8 Å². The summed E-state index contributed by atoms with van der Waals surface area (Å²) in [7, 11) is 0. The number of pyridine rings is 1. The number of aromatic nitrogens is 3. The van der Waals surface area contributed by atoms with Crippen molar-refractivity contribution in [1.29, 1.82) is 0 Å². The van der Waals surface area contributed by atoms with E-state index in [0.29, 0.717) is 55.0 Å². The van der Waals surface area contributed by atoms with Crippen LogP contribution in [0.15, 0.2) is 41.1 Å². The topological polar surface area (TPSA) is 93.8 Å². The molecule has 29 heavy (non-hydrogen) atoms. The van der Waals surface area contributed by atoms with E-state index in [-0.39, 0.29) is 12.7 Å². The molecule has 0 atom stereocenters. The van der Waals surface area contributed by atoms with Gasteiger partial charge in [0.1, 0.15) is 5.82 Å². The average Bonchev–Trinajstić information content (AvgIpc) is 3.42. The molecule has 2 aliphatic rings. The van der Waals surface area contributed by atoms with Crippen molar-refractivity contribution in [3.63, 3.8) is 0 Å². The highest BCUT2D eigenvalue weighted by Gasteiger charge is 2.24. The molecule has 148 valence electrons. The summed E-state index contributed by atoms with van der Waals surface area (Å²) in [6, 6.07) is 9.18. The Morgan fingerprint density at radius 1 is 1.03 bits per heavy atom. The number of fused-ring (bicyclic) bond motifs is 1. The minimum atomic E-state index is -0.00117. The van der Waals surface area contributed by atoms with Crippen LogP contribution in [0.25, 0.3) is 11.4 Å². The Balaban J connectivity index is 1.23. The highest BCUT2D eigenvalue weighted by Crippen LogP contribution is 2.33. The molecule has 9 nitrogen and oxygen atoms in total. The smallest absolute Gasteiger partial charge is 0.254 e. The van der Waals surface area contributed by atoms with Crippen LogP contribution in [0.4, 0.5) is 5.82 Å². The minimum Gasteiger partial charge on any atom is -0.454 e. The number of carbonyl (C=O) groups excluding carboxylic acids is 1. The van der Waals surface area contributed by atoms with Gasteiger partial charge in [-0.05, 0) is 30.3 Å². The molecule has 0 radical (unpaired) electrons. The second kappa shape index (κ2) is 7.08. The third-order valence-corrected chi connectivity index (χ3v) is 5.04. The van der Waals surface area contributed by atoms with Crippen LogP contribution in [0, 0.1) is 6.92 Å². The maximum Gasteiger partial charge on any atom is 0.254 e. The fraction of sp³-hybridized carbons (Fsp3) is 0.300. The van der Waals surface area contributed by atoms with Crippen molar-refractivity contribution in [3.05, 3.63) is 48.0 Å². The van der Waals surface area contributed by atoms with E-state index in [4.69, 9.17) is 14.0 Å². The number of hydrogen-bond acceptors (Lipinski definition) is 8. The van der Waals surface area contributed by atoms with Crippen LogP contribution in [0.1, 0.15) is 16.2 Å². The van der Waals surface area contributed by atoms with Crippen molar-refractivity contribution >= 4 is 11.7 Å². The number of rotatable bonds is 3. The standard InChI is InChI=1S/C20H19N5O4/c1-13-22-19(23-29-13)15-3-5-18(21-11-15)24-6-8-25(9-7-24)20(26)14-2-4-16-17(10-14)28-12-27-16/h2-5,10-11H,6-9,12H2,1H3. The summed E-state index contributed by atoms with van der Waals surface area (Å²) in [5.74, 6) is 3.21. The molecule has 1 amide bonds. The van der Waals surface area contributed by atoms with Gasteiger partial charge in [-0.1, -0.05) is 5.16 Å². The number of ether oxygens (including phenoxy) is 2. The second-order valence-corrected chi connectivity index (χ2v) is 6.89. The Hall–Kier alpha value is -3.62. The molecule has 4 heterocycles. The van der Waals surface area contributed by atoms with Crippen molar-refractivity contribution in [2.24, 2.45) is 0 Å². The number of piperazine rings is 1. The normalized spacial score (nSPS) is 15.6. The first-order valence-corrected chi connectivity index (χ1v) is 9.38. The van der Waals surface area contributed by atoms with Gasteiger partial charge in [0.25, 0.3) is 5.91 Å². The third kappa shape index (κ3) is 3.35. The molecule has 2 aromatic heterocycles. The van der Waals surface area contributed by atoms with Crippen LogP contribution in [0.5, 0.6) is 11.5 Å². The summed E-state index contributed by atoms with van der Waals surface area (Å²) in [6.07, 6.45) is 1.74. The van der Waals surface area contributed by atoms with Gasteiger partial charge in [-0.15, -0.1) is 0 Å². The molecule has 0 unspecified atom stereocenters. The lowest BCUT2D eigenvalue weighted by atomic mass is 10.1. The number of hydrogen-bond donors (Lipinski definition) is 0. The van der Waals surface area contributed by atoms with Gasteiger partial charge in [0.15, 0.2) is 11.5 Å². The largest absolute Gasteiger partial charge is 0.454 e. The predicted octanol–water partition coefficient (Wildman–Crippen LogP) is 2.13. The molecular formula is C20H19N5O4. The Labute approximate surface area is 166 Å². The highest BCUT2D eigenvalue weighted by atomic mass is 16.7. The van der Waals surface area contributed by atoms with Crippen LogP contribution >= 0.6 is 0 Å². The van der Waals surface area contributed by atoms with E-state index in [1.54, 1.807) is 31.3 Å². The van der Waals surface area contributed by atoms with Crippen molar-refractivity contribution in [1.82, 2.24) is 20.0 Å². The maximum absolute atomic E-state index is 12.8. The van der Waals surface area contributed by atoms with E-state index >= 15 is 0 Å². The van der Waals surface area contributed by atoms with Crippen LogP contribution in [0.3, 0.4) is 0 Å². The average molecular weight is 393 g/mol. The molecule has 5 rings (SSSR count). The van der Waals surface area contributed by atoms with Gasteiger partial charge in [-0.2, -0.15) is 4.98 Å². The lowest BCUT2D eigenvalue weighted by molar-refractivity contribution is 0.0746. The van der Waals surface area contributed by atoms with E-state index in [1.165, 1.54) is 0 Å². The molecule has 9 heteroatoms. The Bertz CT molecular complexity index is 1040. The van der Waals surface area contributed by atoms with Crippen molar-refractivity contribution in [2.75, 3.05) is 37.9 Å². The maximum atomic E-state index is 12.8. The summed E-state index contributed by atoms with van der Waals surface area (Å²) in [5.41, 5.74) is 1.42. The van der Waals surface area contributed by atoms with Gasteiger partial charge in [0.2, 0.25) is 18.5 Å². The molecule has 0 bridgehead atoms. The highest BCUT2D eigenvalue weighted by molar-refractivity contribution is 5.95. The van der Waals surface area contributed by atoms with E-state index in [0.717, 1.165) is 11.4 Å². The lowest BCUT2D eigenvalue weighted by Crippen LogP contribution is -2.49. The number of benzene rings is 1. The molecule has 1 fully saturated rings. The first kappa shape index (κ1) is 17.5. The van der Waals surface area contributed by atoms with Crippen LogP contribution in [-0.2, 0) is 0 Å². The lowest BCUT2D eigenvalue weighted by Gasteiger charge is -2.35. The van der Waals surface area contributed by atoms with E-state index in [9.17, 15) is 4.79 Å². The first-order chi connectivity index (χ1) is 14.2. The van der Waals surface area contributed by atoms with Crippen LogP contribution in [0.2, 0.25) is 0 Å². The Morgan fingerprint density at radius 3 is 2.59 bits per heavy atom. The van der Waals surface area contributed by atoms with Gasteiger partial charge >= 0.3 is 0 Å². The van der Waals surface area contributed by atoms with E-state index in [1.807, 2.05) is 17.0 Å². The molecule has 3 aromatic rings. The van der Waals surface area contributed by atoms with E-state index < -0.39 is 0 Å². The molecule has 0 saturated carbocycles. The van der Waals surface area contributed by atoms with Gasteiger partial charge in [0, 0.05) is 50.4 Å².